The summed E-state index contributed by atoms with van der Waals surface area (Å²) in [5.74, 6) is 0. The number of amides is 1. The largest absolute Gasteiger partial charge is 0.444 e. The van der Waals surface area contributed by atoms with E-state index in [1.807, 2.05) is 20.8 Å². The minimum absolute atomic E-state index is 0.168. The fraction of sp³-hybridized carbons (Fsp3) is 0.789. The van der Waals surface area contributed by atoms with E-state index in [1.165, 1.54) is 25.7 Å². The van der Waals surface area contributed by atoms with Crippen molar-refractivity contribution in [3.63, 3.8) is 0 Å². The molecule has 0 aromatic rings. The van der Waals surface area contributed by atoms with Crippen LogP contribution in [0.15, 0.2) is 18.4 Å². The van der Waals surface area contributed by atoms with Gasteiger partial charge in [0.15, 0.2) is 0 Å². The third-order valence-corrected chi connectivity index (χ3v) is 4.07. The van der Waals surface area contributed by atoms with Gasteiger partial charge in [-0.25, -0.2) is 4.79 Å². The summed E-state index contributed by atoms with van der Waals surface area (Å²) in [6, 6.07) is 0.552. The lowest BCUT2D eigenvalue weighted by atomic mass is 10.1. The number of unbranched alkanes of at least 4 members (excludes halogenated alkanes) is 3. The van der Waals surface area contributed by atoms with Crippen LogP contribution in [0.1, 0.15) is 66.2 Å². The minimum atomic E-state index is -0.449. The van der Waals surface area contributed by atoms with E-state index in [2.05, 4.69) is 35.5 Å². The molecule has 0 bridgehead atoms. The van der Waals surface area contributed by atoms with Crippen LogP contribution in [-0.4, -0.2) is 41.8 Å². The highest BCUT2D eigenvalue weighted by Gasteiger charge is 2.29. The van der Waals surface area contributed by atoms with Crippen LogP contribution in [0.5, 0.6) is 0 Å². The van der Waals surface area contributed by atoms with Crippen molar-refractivity contribution in [3.05, 3.63) is 18.4 Å². The van der Waals surface area contributed by atoms with Crippen LogP contribution in [0.25, 0.3) is 0 Å². The van der Waals surface area contributed by atoms with E-state index < -0.39 is 5.60 Å². The van der Waals surface area contributed by atoms with Crippen LogP contribution in [0.4, 0.5) is 4.79 Å². The Morgan fingerprint density at radius 3 is 2.78 bits per heavy atom. The van der Waals surface area contributed by atoms with Gasteiger partial charge >= 0.3 is 6.09 Å². The molecule has 1 heterocycles. The minimum Gasteiger partial charge on any atom is -0.444 e. The molecule has 1 fully saturated rings. The molecule has 0 spiro atoms. The fourth-order valence-corrected chi connectivity index (χ4v) is 2.97. The average Bonchev–Trinajstić information content (AvgIpc) is 2.88. The first-order chi connectivity index (χ1) is 10.9. The van der Waals surface area contributed by atoms with E-state index in [4.69, 9.17) is 4.74 Å². The van der Waals surface area contributed by atoms with Gasteiger partial charge in [-0.1, -0.05) is 39.2 Å². The van der Waals surface area contributed by atoms with Gasteiger partial charge in [-0.05, 0) is 39.7 Å². The van der Waals surface area contributed by atoms with Gasteiger partial charge in [0, 0.05) is 25.2 Å². The molecular formula is C19H34N2O2. The molecule has 1 rings (SSSR count). The average molecular weight is 322 g/mol. The molecule has 4 heteroatoms. The molecule has 1 N–H and O–H groups in total. The maximum absolute atomic E-state index is 11.9. The lowest BCUT2D eigenvalue weighted by Crippen LogP contribution is -2.41. The zero-order chi connectivity index (χ0) is 17.3. The van der Waals surface area contributed by atoms with Gasteiger partial charge in [-0.3, -0.25) is 4.90 Å². The second-order valence-electron chi connectivity index (χ2n) is 7.41. The molecule has 1 unspecified atom stereocenters. The monoisotopic (exact) mass is 322 g/mol. The van der Waals surface area contributed by atoms with E-state index in [9.17, 15) is 4.79 Å². The van der Waals surface area contributed by atoms with Crippen LogP contribution in [0, 0.1) is 0 Å². The van der Waals surface area contributed by atoms with E-state index >= 15 is 0 Å². The van der Waals surface area contributed by atoms with Crippen molar-refractivity contribution >= 4 is 6.09 Å². The molecule has 1 aliphatic heterocycles. The molecule has 1 aliphatic rings. The van der Waals surface area contributed by atoms with Gasteiger partial charge in [-0.15, -0.1) is 5.73 Å². The Balaban J connectivity index is 2.42. The summed E-state index contributed by atoms with van der Waals surface area (Å²) in [4.78, 5) is 14.3. The summed E-state index contributed by atoms with van der Waals surface area (Å²) in [6.45, 7) is 13.5. The number of nitrogens with zero attached hydrogens (tertiary/aromatic N) is 1. The molecule has 23 heavy (non-hydrogen) atoms. The predicted octanol–water partition coefficient (Wildman–Crippen LogP) is 4.27. The third-order valence-electron chi connectivity index (χ3n) is 4.07. The van der Waals surface area contributed by atoms with E-state index in [0.29, 0.717) is 6.04 Å². The first-order valence-corrected chi connectivity index (χ1v) is 8.95. The molecule has 4 nitrogen and oxygen atoms in total. The molecule has 132 valence electrons. The zero-order valence-corrected chi connectivity index (χ0v) is 15.4. The first kappa shape index (κ1) is 19.8. The normalized spacial score (nSPS) is 19.9. The Labute approximate surface area is 142 Å². The highest BCUT2D eigenvalue weighted by molar-refractivity contribution is 5.68. The third kappa shape index (κ3) is 8.24. The number of carbonyl (C=O) groups excluding carboxylic acids is 1. The van der Waals surface area contributed by atoms with E-state index in [1.54, 1.807) is 0 Å². The SMILES string of the molecule is C=C=CC(CCCCCC)N1CC[C@H](NC(=O)OC(C)(C)C)C1. The van der Waals surface area contributed by atoms with Crippen molar-refractivity contribution in [1.82, 2.24) is 10.2 Å². The van der Waals surface area contributed by atoms with Gasteiger partial charge in [0.25, 0.3) is 0 Å². The van der Waals surface area contributed by atoms with E-state index in [-0.39, 0.29) is 12.1 Å². The molecule has 0 aromatic carbocycles. The zero-order valence-electron chi connectivity index (χ0n) is 15.4. The Morgan fingerprint density at radius 1 is 1.43 bits per heavy atom. The number of ether oxygens (including phenoxy) is 1. The topological polar surface area (TPSA) is 41.6 Å². The number of carbonyl (C=O) groups is 1. The lowest BCUT2D eigenvalue weighted by Gasteiger charge is -2.25. The predicted molar refractivity (Wildman–Crippen MR) is 95.6 cm³/mol. The van der Waals surface area contributed by atoms with Crippen LogP contribution < -0.4 is 5.32 Å². The van der Waals surface area contributed by atoms with Crippen molar-refractivity contribution < 1.29 is 9.53 Å². The summed E-state index contributed by atoms with van der Waals surface area (Å²) in [5, 5.41) is 2.99. The van der Waals surface area contributed by atoms with Crippen LogP contribution >= 0.6 is 0 Å². The first-order valence-electron chi connectivity index (χ1n) is 8.95. The summed E-state index contributed by atoms with van der Waals surface area (Å²) in [5.41, 5.74) is 2.49. The Bertz CT molecular complexity index is 408. The van der Waals surface area contributed by atoms with Crippen molar-refractivity contribution in [1.29, 1.82) is 0 Å². The van der Waals surface area contributed by atoms with Gasteiger partial charge in [-0.2, -0.15) is 0 Å². The Hall–Kier alpha value is -1.25. The smallest absolute Gasteiger partial charge is 0.407 e. The quantitative estimate of drug-likeness (QED) is 0.536. The molecule has 1 saturated heterocycles. The van der Waals surface area contributed by atoms with Gasteiger partial charge in [0.1, 0.15) is 5.60 Å². The van der Waals surface area contributed by atoms with Crippen LogP contribution in [0.2, 0.25) is 0 Å². The van der Waals surface area contributed by atoms with Crippen molar-refractivity contribution in [2.45, 2.75) is 83.9 Å². The van der Waals surface area contributed by atoms with Gasteiger partial charge < -0.3 is 10.1 Å². The molecule has 0 aliphatic carbocycles. The summed E-state index contributed by atoms with van der Waals surface area (Å²) >= 11 is 0. The van der Waals surface area contributed by atoms with Crippen LogP contribution in [-0.2, 0) is 4.74 Å². The number of likely N-dealkylation sites (tertiary alicyclic amines) is 1. The fourth-order valence-electron chi connectivity index (χ4n) is 2.97. The maximum Gasteiger partial charge on any atom is 0.407 e. The number of nitrogens with one attached hydrogen (secondary N) is 1. The number of rotatable bonds is 8. The summed E-state index contributed by atoms with van der Waals surface area (Å²) in [7, 11) is 0. The van der Waals surface area contributed by atoms with Crippen molar-refractivity contribution in [2.75, 3.05) is 13.1 Å². The molecular weight excluding hydrogens is 288 g/mol. The number of alkyl carbamates (subject to hydrolysis) is 1. The van der Waals surface area contributed by atoms with Crippen LogP contribution in [0.3, 0.4) is 0 Å². The molecule has 2 atom stereocenters. The highest BCUT2D eigenvalue weighted by atomic mass is 16.6. The Kier molecular flexibility index (Phi) is 8.43. The van der Waals surface area contributed by atoms with Gasteiger partial charge in [0.05, 0.1) is 0 Å². The van der Waals surface area contributed by atoms with Crippen molar-refractivity contribution in [2.24, 2.45) is 0 Å². The number of hydrogen-bond donors (Lipinski definition) is 1. The Morgan fingerprint density at radius 2 is 2.17 bits per heavy atom. The summed E-state index contributed by atoms with van der Waals surface area (Å²) < 4.78 is 5.34. The standard InChI is InChI=1S/C19H34N2O2/c1-6-8-9-10-12-17(11-7-2)21-14-13-16(15-21)20-18(22)23-19(3,4)5/h11,16-17H,2,6,8-10,12-15H2,1,3-5H3,(H,20,22)/t16-,17?/m0/s1. The highest BCUT2D eigenvalue weighted by Crippen LogP contribution is 2.19. The van der Waals surface area contributed by atoms with E-state index in [0.717, 1.165) is 25.9 Å². The second kappa shape index (κ2) is 9.79. The maximum atomic E-state index is 11.9. The molecule has 0 saturated carbocycles. The van der Waals surface area contributed by atoms with Gasteiger partial charge in [0.2, 0.25) is 0 Å². The van der Waals surface area contributed by atoms with Crippen molar-refractivity contribution in [3.8, 4) is 0 Å². The second-order valence-corrected chi connectivity index (χ2v) is 7.41. The number of hydrogen-bond acceptors (Lipinski definition) is 3. The molecule has 0 radical (unpaired) electrons. The molecule has 1 amide bonds. The summed E-state index contributed by atoms with van der Waals surface area (Å²) in [6.07, 6.45) is 8.94. The molecule has 0 aromatic heterocycles. The lowest BCUT2D eigenvalue weighted by molar-refractivity contribution is 0.0505.